The van der Waals surface area contributed by atoms with Gasteiger partial charge >= 0.3 is 12.2 Å². The van der Waals surface area contributed by atoms with Crippen LogP contribution in [0, 0.1) is 17.5 Å². The lowest BCUT2D eigenvalue weighted by molar-refractivity contribution is -0.137. The van der Waals surface area contributed by atoms with Crippen molar-refractivity contribution in [3.05, 3.63) is 77.6 Å². The second-order valence-corrected chi connectivity index (χ2v) is 8.85. The Labute approximate surface area is 217 Å². The van der Waals surface area contributed by atoms with E-state index >= 15 is 8.78 Å². The Balaban J connectivity index is 1.47. The summed E-state index contributed by atoms with van der Waals surface area (Å²) in [5.74, 6) is -4.45. The van der Waals surface area contributed by atoms with Gasteiger partial charge in [-0.2, -0.15) is 13.2 Å². The van der Waals surface area contributed by atoms with Gasteiger partial charge in [0.25, 0.3) is 0 Å². The highest BCUT2D eigenvalue weighted by Gasteiger charge is 2.36. The number of nitrogens with one attached hydrogen (secondary N) is 3. The summed E-state index contributed by atoms with van der Waals surface area (Å²) in [6.45, 7) is -0.0429. The average molecular weight is 555 g/mol. The van der Waals surface area contributed by atoms with Crippen LogP contribution in [-0.2, 0) is 11.0 Å². The van der Waals surface area contributed by atoms with Crippen LogP contribution in [0.5, 0.6) is 0 Å². The second-order valence-electron chi connectivity index (χ2n) is 8.23. The van der Waals surface area contributed by atoms with E-state index in [0.29, 0.717) is 17.3 Å². The molecule has 13 heteroatoms. The van der Waals surface area contributed by atoms with Crippen molar-refractivity contribution < 1.29 is 35.9 Å². The van der Waals surface area contributed by atoms with Crippen molar-refractivity contribution in [3.63, 3.8) is 0 Å². The highest BCUT2D eigenvalue weighted by molar-refractivity contribution is 7.99. The van der Waals surface area contributed by atoms with Gasteiger partial charge in [0, 0.05) is 23.9 Å². The van der Waals surface area contributed by atoms with Crippen LogP contribution in [0.2, 0.25) is 0 Å². The third-order valence-corrected chi connectivity index (χ3v) is 6.26. The minimum atomic E-state index is -4.76. The molecule has 1 unspecified atom stereocenters. The molecule has 1 fully saturated rings. The van der Waals surface area contributed by atoms with Crippen LogP contribution in [-0.4, -0.2) is 30.8 Å². The Morgan fingerprint density at radius 2 is 1.71 bits per heavy atom. The molecule has 1 aliphatic rings. The highest BCUT2D eigenvalue weighted by Crippen LogP contribution is 2.36. The molecule has 1 atom stereocenters. The topological polar surface area (TPSA) is 73.5 Å². The van der Waals surface area contributed by atoms with E-state index in [1.165, 1.54) is 24.1 Å². The van der Waals surface area contributed by atoms with Gasteiger partial charge < -0.3 is 20.3 Å². The molecule has 3 N–H and O–H groups in total. The molecule has 1 saturated heterocycles. The minimum absolute atomic E-state index is 0.0114. The first kappa shape index (κ1) is 27.2. The largest absolute Gasteiger partial charge is 0.416 e. The van der Waals surface area contributed by atoms with Gasteiger partial charge in [-0.3, -0.25) is 4.79 Å². The molecular weight excluding hydrogens is 534 g/mol. The first-order chi connectivity index (χ1) is 18.0. The van der Waals surface area contributed by atoms with E-state index in [-0.39, 0.29) is 30.3 Å². The lowest BCUT2D eigenvalue weighted by Crippen LogP contribution is -2.43. The van der Waals surface area contributed by atoms with Crippen LogP contribution >= 0.6 is 11.9 Å². The van der Waals surface area contributed by atoms with Crippen molar-refractivity contribution in [2.45, 2.75) is 18.6 Å². The molecule has 0 aromatic heterocycles. The van der Waals surface area contributed by atoms with Gasteiger partial charge in [0.1, 0.15) is 11.9 Å². The summed E-state index contributed by atoms with van der Waals surface area (Å²) in [4.78, 5) is 26.1. The van der Waals surface area contributed by atoms with Gasteiger partial charge in [-0.25, -0.2) is 18.0 Å². The Morgan fingerprint density at radius 1 is 0.974 bits per heavy atom. The fourth-order valence-electron chi connectivity index (χ4n) is 4.04. The van der Waals surface area contributed by atoms with Crippen molar-refractivity contribution >= 4 is 40.9 Å². The third kappa shape index (κ3) is 5.52. The molecule has 0 spiro atoms. The predicted octanol–water partition coefficient (Wildman–Crippen LogP) is 6.41. The summed E-state index contributed by atoms with van der Waals surface area (Å²) in [7, 11) is 0. The Morgan fingerprint density at radius 3 is 2.39 bits per heavy atom. The van der Waals surface area contributed by atoms with E-state index in [9.17, 15) is 27.2 Å². The Kier molecular flexibility index (Phi) is 7.76. The van der Waals surface area contributed by atoms with Gasteiger partial charge in [0.05, 0.1) is 22.6 Å². The molecule has 0 bridgehead atoms. The molecule has 3 aromatic rings. The van der Waals surface area contributed by atoms with Gasteiger partial charge in [0.15, 0.2) is 11.6 Å². The zero-order valence-electron chi connectivity index (χ0n) is 19.6. The Bertz CT molecular complexity index is 1380. The molecular formula is C25H20F6N4O2S. The number of carbonyl (C=O) groups excluding carboxylic acids is 2. The van der Waals surface area contributed by atoms with Gasteiger partial charge in [-0.15, -0.1) is 0 Å². The molecule has 3 aromatic carbocycles. The van der Waals surface area contributed by atoms with Crippen LogP contribution in [0.3, 0.4) is 0 Å². The SMILES string of the molecule is CSNc1ccccc1-c1ccc(N2CCC(NC(=O)Nc3ccc(C(F)(F)F)cc3F)C2=O)c(F)c1F. The zero-order valence-corrected chi connectivity index (χ0v) is 20.4. The first-order valence-corrected chi connectivity index (χ1v) is 12.4. The normalized spacial score (nSPS) is 15.5. The summed E-state index contributed by atoms with van der Waals surface area (Å²) >= 11 is 1.28. The molecule has 6 nitrogen and oxygen atoms in total. The van der Waals surface area contributed by atoms with Crippen LogP contribution in [0.1, 0.15) is 12.0 Å². The number of nitrogens with zero attached hydrogens (tertiary/aromatic N) is 1. The molecule has 0 saturated carbocycles. The highest BCUT2D eigenvalue weighted by atomic mass is 32.2. The average Bonchev–Trinajstić information content (AvgIpc) is 3.21. The first-order valence-electron chi connectivity index (χ1n) is 11.1. The molecule has 0 radical (unpaired) electrons. The lowest BCUT2D eigenvalue weighted by Gasteiger charge is -2.20. The fraction of sp³-hybridized carbons (Fsp3) is 0.200. The number of urea groups is 1. The van der Waals surface area contributed by atoms with Crippen molar-refractivity contribution in [1.29, 1.82) is 0 Å². The number of para-hydroxylation sites is 1. The van der Waals surface area contributed by atoms with E-state index in [1.54, 1.807) is 30.5 Å². The number of amides is 3. The van der Waals surface area contributed by atoms with Crippen molar-refractivity contribution in [1.82, 2.24) is 5.32 Å². The molecule has 3 amide bonds. The van der Waals surface area contributed by atoms with E-state index in [2.05, 4.69) is 10.0 Å². The summed E-state index contributed by atoms with van der Waals surface area (Å²) in [5, 5.41) is 4.33. The number of hydrogen-bond acceptors (Lipinski definition) is 4. The standard InChI is InChI=1S/C25H20F6N4O2S/c1-38-34-17-5-3-2-4-14(17)15-7-9-20(22(28)21(15)27)35-11-10-19(23(35)36)33-24(37)32-18-8-6-13(12-16(18)26)25(29,30)31/h2-9,12,19,34H,10-11H2,1H3,(H2,32,33,37). The molecule has 1 aliphatic heterocycles. The Hall–Kier alpha value is -3.87. The summed E-state index contributed by atoms with van der Waals surface area (Å²) < 4.78 is 85.3. The molecule has 0 aliphatic carbocycles. The van der Waals surface area contributed by atoms with Crippen LogP contribution in [0.4, 0.5) is 48.2 Å². The number of halogens is 6. The van der Waals surface area contributed by atoms with E-state index in [4.69, 9.17) is 0 Å². The number of rotatable bonds is 6. The summed E-state index contributed by atoms with van der Waals surface area (Å²) in [6.07, 6.45) is -2.95. The fourth-order valence-corrected chi connectivity index (χ4v) is 4.43. The van der Waals surface area contributed by atoms with E-state index < -0.39 is 52.9 Å². The molecule has 1 heterocycles. The number of carbonyl (C=O) groups is 2. The number of alkyl halides is 3. The van der Waals surface area contributed by atoms with Crippen molar-refractivity contribution in [2.24, 2.45) is 0 Å². The van der Waals surface area contributed by atoms with E-state index in [0.717, 1.165) is 11.0 Å². The van der Waals surface area contributed by atoms with Gasteiger partial charge in [-0.1, -0.05) is 30.1 Å². The smallest absolute Gasteiger partial charge is 0.329 e. The van der Waals surface area contributed by atoms with Gasteiger partial charge in [-0.05, 0) is 42.8 Å². The molecule has 38 heavy (non-hydrogen) atoms. The van der Waals surface area contributed by atoms with Crippen LogP contribution in [0.25, 0.3) is 11.1 Å². The maximum Gasteiger partial charge on any atom is 0.416 e. The number of anilines is 3. The monoisotopic (exact) mass is 554 g/mol. The third-order valence-electron chi connectivity index (χ3n) is 5.84. The van der Waals surface area contributed by atoms with Gasteiger partial charge in [0.2, 0.25) is 5.91 Å². The second kappa shape index (κ2) is 10.9. The minimum Gasteiger partial charge on any atom is -0.329 e. The zero-order chi connectivity index (χ0) is 27.6. The molecule has 200 valence electrons. The maximum absolute atomic E-state index is 15.1. The van der Waals surface area contributed by atoms with Crippen LogP contribution in [0.15, 0.2) is 54.6 Å². The lowest BCUT2D eigenvalue weighted by atomic mass is 10.0. The quantitative estimate of drug-likeness (QED) is 0.243. The predicted molar refractivity (Wildman–Crippen MR) is 133 cm³/mol. The van der Waals surface area contributed by atoms with Crippen LogP contribution < -0.4 is 20.3 Å². The van der Waals surface area contributed by atoms with E-state index in [1.807, 2.05) is 5.32 Å². The summed E-state index contributed by atoms with van der Waals surface area (Å²) in [6, 6.07) is 8.72. The molecule has 4 rings (SSSR count). The number of hydrogen-bond donors (Lipinski definition) is 3. The maximum atomic E-state index is 15.1. The van der Waals surface area contributed by atoms with Crippen molar-refractivity contribution in [2.75, 3.05) is 27.7 Å². The van der Waals surface area contributed by atoms with Crippen molar-refractivity contribution in [3.8, 4) is 11.1 Å². The number of benzene rings is 3. The summed E-state index contributed by atoms with van der Waals surface area (Å²) in [5.41, 5.74) is -1.09.